The molecular formula is C17H30BrNO. The van der Waals surface area contributed by atoms with Crippen LogP contribution in [-0.2, 0) is 4.79 Å². The molecule has 20 heavy (non-hydrogen) atoms. The molecule has 1 heterocycles. The number of hydrogen-bond donors (Lipinski definition) is 0. The minimum Gasteiger partial charge on any atom is -0.342 e. The van der Waals surface area contributed by atoms with Gasteiger partial charge in [0, 0.05) is 24.8 Å². The molecule has 0 unspecified atom stereocenters. The normalized spacial score (nSPS) is 26.9. The van der Waals surface area contributed by atoms with Crippen molar-refractivity contribution in [1.29, 1.82) is 0 Å². The Morgan fingerprint density at radius 3 is 2.30 bits per heavy atom. The molecule has 0 aromatic heterocycles. The predicted octanol–water partition coefficient (Wildman–Crippen LogP) is 4.76. The van der Waals surface area contributed by atoms with Gasteiger partial charge in [-0.15, -0.1) is 0 Å². The second-order valence-corrected chi connectivity index (χ2v) is 8.34. The number of halogens is 1. The molecule has 1 aliphatic heterocycles. The molecule has 3 heteroatoms. The van der Waals surface area contributed by atoms with E-state index in [-0.39, 0.29) is 0 Å². The van der Waals surface area contributed by atoms with Gasteiger partial charge in [-0.05, 0) is 36.5 Å². The molecule has 1 saturated heterocycles. The summed E-state index contributed by atoms with van der Waals surface area (Å²) in [4.78, 5) is 14.6. The molecule has 0 spiro atoms. The van der Waals surface area contributed by atoms with Crippen molar-refractivity contribution in [3.05, 3.63) is 0 Å². The fraction of sp³-hybridized carbons (Fsp3) is 0.941. The zero-order valence-corrected chi connectivity index (χ0v) is 14.8. The van der Waals surface area contributed by atoms with Gasteiger partial charge in [-0.1, -0.05) is 55.5 Å². The third-order valence-corrected chi connectivity index (χ3v) is 6.59. The molecule has 1 aliphatic carbocycles. The highest BCUT2D eigenvalue weighted by Crippen LogP contribution is 2.39. The van der Waals surface area contributed by atoms with Crippen molar-refractivity contribution < 1.29 is 4.79 Å². The van der Waals surface area contributed by atoms with Crippen molar-refractivity contribution in [3.63, 3.8) is 0 Å². The lowest BCUT2D eigenvalue weighted by atomic mass is 9.81. The average molecular weight is 344 g/mol. The van der Waals surface area contributed by atoms with Crippen molar-refractivity contribution in [1.82, 2.24) is 4.90 Å². The van der Waals surface area contributed by atoms with Gasteiger partial charge in [-0.3, -0.25) is 4.79 Å². The fourth-order valence-electron chi connectivity index (χ4n) is 3.68. The Balaban J connectivity index is 2.03. The third kappa shape index (κ3) is 4.22. The summed E-state index contributed by atoms with van der Waals surface area (Å²) >= 11 is 3.75. The monoisotopic (exact) mass is 343 g/mol. The SMILES string of the molecule is CC1(C)CCC(=O)N(CC2(CBr)CCCCCC2)CC1. The Morgan fingerprint density at radius 1 is 1.05 bits per heavy atom. The van der Waals surface area contributed by atoms with E-state index in [9.17, 15) is 4.79 Å². The first-order valence-electron chi connectivity index (χ1n) is 8.30. The Hall–Kier alpha value is -0.0500. The Labute approximate surface area is 132 Å². The first-order valence-corrected chi connectivity index (χ1v) is 9.42. The molecule has 0 aromatic carbocycles. The van der Waals surface area contributed by atoms with E-state index in [0.29, 0.717) is 16.7 Å². The molecule has 0 N–H and O–H groups in total. The Morgan fingerprint density at radius 2 is 1.70 bits per heavy atom. The number of amides is 1. The summed E-state index contributed by atoms with van der Waals surface area (Å²) in [6.07, 6.45) is 10.9. The summed E-state index contributed by atoms with van der Waals surface area (Å²) in [5.74, 6) is 0.389. The van der Waals surface area contributed by atoms with E-state index in [1.807, 2.05) is 0 Å². The van der Waals surface area contributed by atoms with Crippen molar-refractivity contribution >= 4 is 21.8 Å². The molecule has 0 atom stereocenters. The van der Waals surface area contributed by atoms with Crippen LogP contribution >= 0.6 is 15.9 Å². The fourth-order valence-corrected chi connectivity index (χ4v) is 4.41. The van der Waals surface area contributed by atoms with Gasteiger partial charge in [0.05, 0.1) is 0 Å². The maximum absolute atomic E-state index is 12.4. The Kier molecular flexibility index (Phi) is 5.56. The van der Waals surface area contributed by atoms with Gasteiger partial charge in [0.2, 0.25) is 5.91 Å². The van der Waals surface area contributed by atoms with Crippen LogP contribution in [0.15, 0.2) is 0 Å². The molecule has 2 rings (SSSR count). The maximum atomic E-state index is 12.4. The maximum Gasteiger partial charge on any atom is 0.222 e. The largest absolute Gasteiger partial charge is 0.342 e. The summed E-state index contributed by atoms with van der Waals surface area (Å²) in [5.41, 5.74) is 0.663. The molecule has 0 aromatic rings. The lowest BCUT2D eigenvalue weighted by Crippen LogP contribution is -2.42. The van der Waals surface area contributed by atoms with E-state index in [1.165, 1.54) is 38.5 Å². The zero-order valence-electron chi connectivity index (χ0n) is 13.2. The second kappa shape index (κ2) is 6.81. The summed E-state index contributed by atoms with van der Waals surface area (Å²) in [5, 5.41) is 1.05. The molecule has 2 nitrogen and oxygen atoms in total. The predicted molar refractivity (Wildman–Crippen MR) is 88.1 cm³/mol. The van der Waals surface area contributed by atoms with E-state index < -0.39 is 0 Å². The van der Waals surface area contributed by atoms with Crippen LogP contribution in [-0.4, -0.2) is 29.2 Å². The summed E-state index contributed by atoms with van der Waals surface area (Å²) < 4.78 is 0. The zero-order chi connectivity index (χ0) is 14.6. The number of carbonyl (C=O) groups excluding carboxylic acids is 1. The molecule has 1 saturated carbocycles. The number of carbonyl (C=O) groups is 1. The van der Waals surface area contributed by atoms with Gasteiger partial charge < -0.3 is 4.90 Å². The second-order valence-electron chi connectivity index (χ2n) is 7.78. The van der Waals surface area contributed by atoms with Crippen molar-refractivity contribution in [2.24, 2.45) is 10.8 Å². The first kappa shape index (κ1) is 16.3. The van der Waals surface area contributed by atoms with E-state index >= 15 is 0 Å². The minimum atomic E-state index is 0.329. The lowest BCUT2D eigenvalue weighted by molar-refractivity contribution is -0.132. The highest BCUT2D eigenvalue weighted by molar-refractivity contribution is 9.09. The van der Waals surface area contributed by atoms with Gasteiger partial charge in [0.15, 0.2) is 0 Å². The van der Waals surface area contributed by atoms with E-state index in [1.54, 1.807) is 0 Å². The van der Waals surface area contributed by atoms with Crippen LogP contribution in [0.25, 0.3) is 0 Å². The summed E-state index contributed by atoms with van der Waals surface area (Å²) in [7, 11) is 0. The van der Waals surface area contributed by atoms with Crippen LogP contribution in [0.4, 0.5) is 0 Å². The Bertz CT molecular complexity index is 332. The molecular weight excluding hydrogens is 314 g/mol. The summed E-state index contributed by atoms with van der Waals surface area (Å²) in [6.45, 7) is 6.54. The van der Waals surface area contributed by atoms with Crippen LogP contribution < -0.4 is 0 Å². The van der Waals surface area contributed by atoms with Gasteiger partial charge in [0.1, 0.15) is 0 Å². The van der Waals surface area contributed by atoms with Gasteiger partial charge in [0.25, 0.3) is 0 Å². The van der Waals surface area contributed by atoms with E-state index in [2.05, 4.69) is 34.7 Å². The minimum absolute atomic E-state index is 0.329. The van der Waals surface area contributed by atoms with Crippen molar-refractivity contribution in [2.45, 2.75) is 71.6 Å². The van der Waals surface area contributed by atoms with Crippen LogP contribution in [0.5, 0.6) is 0 Å². The van der Waals surface area contributed by atoms with Crippen LogP contribution in [0.2, 0.25) is 0 Å². The van der Waals surface area contributed by atoms with E-state index in [4.69, 9.17) is 0 Å². The quantitative estimate of drug-likeness (QED) is 0.534. The number of alkyl halides is 1. The highest BCUT2D eigenvalue weighted by atomic mass is 79.9. The lowest BCUT2D eigenvalue weighted by Gasteiger charge is -2.36. The molecule has 0 bridgehead atoms. The topological polar surface area (TPSA) is 20.3 Å². The molecule has 2 aliphatic rings. The van der Waals surface area contributed by atoms with Gasteiger partial charge in [-0.25, -0.2) is 0 Å². The standard InChI is InChI=1S/C17H30BrNO/c1-16(2)10-7-15(20)19(12-11-16)14-17(13-18)8-5-3-4-6-9-17/h3-14H2,1-2H3. The number of hydrogen-bond acceptors (Lipinski definition) is 1. The number of rotatable bonds is 3. The van der Waals surface area contributed by atoms with Gasteiger partial charge >= 0.3 is 0 Å². The molecule has 2 fully saturated rings. The molecule has 116 valence electrons. The smallest absolute Gasteiger partial charge is 0.222 e. The number of likely N-dealkylation sites (tertiary alicyclic amines) is 1. The average Bonchev–Trinajstić information content (AvgIpc) is 2.72. The van der Waals surface area contributed by atoms with Crippen molar-refractivity contribution in [2.75, 3.05) is 18.4 Å². The summed E-state index contributed by atoms with van der Waals surface area (Å²) in [6, 6.07) is 0. The molecule has 0 radical (unpaired) electrons. The van der Waals surface area contributed by atoms with Crippen LogP contribution in [0, 0.1) is 10.8 Å². The highest BCUT2D eigenvalue weighted by Gasteiger charge is 2.35. The molecule has 1 amide bonds. The van der Waals surface area contributed by atoms with E-state index in [0.717, 1.165) is 37.7 Å². The number of nitrogens with zero attached hydrogens (tertiary/aromatic N) is 1. The van der Waals surface area contributed by atoms with Crippen LogP contribution in [0.3, 0.4) is 0 Å². The van der Waals surface area contributed by atoms with Gasteiger partial charge in [-0.2, -0.15) is 0 Å². The first-order chi connectivity index (χ1) is 9.46. The van der Waals surface area contributed by atoms with Crippen molar-refractivity contribution in [3.8, 4) is 0 Å². The third-order valence-electron chi connectivity index (χ3n) is 5.40. The van der Waals surface area contributed by atoms with Crippen LogP contribution in [0.1, 0.15) is 71.6 Å².